The average Bonchev–Trinajstić information content (AvgIpc) is 2.47. The van der Waals surface area contributed by atoms with Gasteiger partial charge in [-0.1, -0.05) is 12.1 Å². The normalized spacial score (nSPS) is 9.74. The lowest BCUT2D eigenvalue weighted by Gasteiger charge is -2.06. The molecule has 0 N–H and O–H groups in total. The van der Waals surface area contributed by atoms with Gasteiger partial charge < -0.3 is 4.74 Å². The molecule has 0 unspecified atom stereocenters. The molecule has 0 saturated carbocycles. The Hall–Kier alpha value is -2.49. The number of ether oxygens (including phenoxy) is 1. The summed E-state index contributed by atoms with van der Waals surface area (Å²) in [4.78, 5) is 20.2. The number of rotatable bonds is 4. The molecular weight excluding hydrogens is 240 g/mol. The Morgan fingerprint density at radius 1 is 1.11 bits per heavy atom. The van der Waals surface area contributed by atoms with Crippen molar-refractivity contribution in [3.05, 3.63) is 66.3 Å². The summed E-state index contributed by atoms with van der Waals surface area (Å²) < 4.78 is 4.94. The van der Waals surface area contributed by atoms with Gasteiger partial charge in [-0.3, -0.25) is 9.97 Å². The van der Waals surface area contributed by atoms with Crippen molar-refractivity contribution < 1.29 is 9.53 Å². The second kappa shape index (κ2) is 6.44. The van der Waals surface area contributed by atoms with Crippen LogP contribution in [0.15, 0.2) is 54.9 Å². The minimum absolute atomic E-state index is 0.340. The number of pyridine rings is 2. The molecule has 0 amide bonds. The van der Waals surface area contributed by atoms with Crippen molar-refractivity contribution >= 4 is 11.5 Å². The van der Waals surface area contributed by atoms with Crippen LogP contribution in [-0.4, -0.2) is 22.5 Å². The highest BCUT2D eigenvalue weighted by Crippen LogP contribution is 2.19. The average molecular weight is 254 g/mol. The summed E-state index contributed by atoms with van der Waals surface area (Å²) in [6.45, 7) is 2.11. The van der Waals surface area contributed by atoms with Gasteiger partial charge in [0.05, 0.1) is 18.0 Å². The number of carbonyl (C=O) groups is 1. The summed E-state index contributed by atoms with van der Waals surface area (Å²) in [6, 6.07) is 11.0. The number of hydrogen-bond acceptors (Lipinski definition) is 4. The highest BCUT2D eigenvalue weighted by atomic mass is 16.5. The van der Waals surface area contributed by atoms with Crippen molar-refractivity contribution in [2.24, 2.45) is 0 Å². The standard InChI is InChI=1S/C15H14N2O2/c1-2-19-15(18)11-12(13-7-3-5-9-16-13)14-8-4-6-10-17-14/h3-11H,2H2,1H3. The van der Waals surface area contributed by atoms with E-state index >= 15 is 0 Å². The predicted octanol–water partition coefficient (Wildman–Crippen LogP) is 2.47. The van der Waals surface area contributed by atoms with Crippen LogP contribution in [0.4, 0.5) is 0 Å². The Morgan fingerprint density at radius 2 is 1.68 bits per heavy atom. The number of aromatic nitrogens is 2. The third-order valence-corrected chi connectivity index (χ3v) is 2.43. The fourth-order valence-corrected chi connectivity index (χ4v) is 1.63. The van der Waals surface area contributed by atoms with E-state index in [1.54, 1.807) is 19.3 Å². The number of esters is 1. The molecular formula is C15H14N2O2. The van der Waals surface area contributed by atoms with Crippen LogP contribution < -0.4 is 0 Å². The van der Waals surface area contributed by atoms with Gasteiger partial charge in [0.25, 0.3) is 0 Å². The Balaban J connectivity index is 2.43. The van der Waals surface area contributed by atoms with E-state index in [9.17, 15) is 4.79 Å². The maximum Gasteiger partial charge on any atom is 0.331 e. The Labute approximate surface area is 111 Å². The van der Waals surface area contributed by atoms with Crippen molar-refractivity contribution in [1.29, 1.82) is 0 Å². The van der Waals surface area contributed by atoms with Gasteiger partial charge in [0.1, 0.15) is 0 Å². The van der Waals surface area contributed by atoms with Gasteiger partial charge in [0.15, 0.2) is 0 Å². The SMILES string of the molecule is CCOC(=O)C=C(c1ccccn1)c1ccccn1. The molecule has 0 radical (unpaired) electrons. The topological polar surface area (TPSA) is 52.1 Å². The summed E-state index contributed by atoms with van der Waals surface area (Å²) >= 11 is 0. The smallest absolute Gasteiger partial charge is 0.331 e. The zero-order valence-electron chi connectivity index (χ0n) is 10.6. The molecule has 4 heteroatoms. The van der Waals surface area contributed by atoms with Crippen molar-refractivity contribution in [2.45, 2.75) is 6.92 Å². The lowest BCUT2D eigenvalue weighted by Crippen LogP contribution is -2.03. The predicted molar refractivity (Wildman–Crippen MR) is 72.2 cm³/mol. The zero-order valence-corrected chi connectivity index (χ0v) is 10.6. The Kier molecular flexibility index (Phi) is 4.39. The maximum absolute atomic E-state index is 11.6. The number of hydrogen-bond donors (Lipinski definition) is 0. The molecule has 0 bridgehead atoms. The fourth-order valence-electron chi connectivity index (χ4n) is 1.63. The monoisotopic (exact) mass is 254 g/mol. The molecule has 2 rings (SSSR count). The molecule has 19 heavy (non-hydrogen) atoms. The van der Waals surface area contributed by atoms with Crippen molar-refractivity contribution in [3.63, 3.8) is 0 Å². The second-order valence-corrected chi connectivity index (χ2v) is 3.74. The maximum atomic E-state index is 11.6. The van der Waals surface area contributed by atoms with Crippen molar-refractivity contribution in [1.82, 2.24) is 9.97 Å². The van der Waals surface area contributed by atoms with Gasteiger partial charge in [0, 0.05) is 24.0 Å². The molecule has 0 aliphatic rings. The minimum Gasteiger partial charge on any atom is -0.463 e. The number of nitrogens with zero attached hydrogens (tertiary/aromatic N) is 2. The third-order valence-electron chi connectivity index (χ3n) is 2.43. The molecule has 96 valence electrons. The van der Waals surface area contributed by atoms with Crippen LogP contribution in [0.1, 0.15) is 18.3 Å². The van der Waals surface area contributed by atoms with Crippen LogP contribution in [0.5, 0.6) is 0 Å². The van der Waals surface area contributed by atoms with Gasteiger partial charge in [-0.2, -0.15) is 0 Å². The molecule has 2 heterocycles. The summed E-state index contributed by atoms with van der Waals surface area (Å²) in [5.41, 5.74) is 2.03. The lowest BCUT2D eigenvalue weighted by molar-refractivity contribution is -0.137. The molecule has 0 aromatic carbocycles. The van der Waals surface area contributed by atoms with Gasteiger partial charge in [0.2, 0.25) is 0 Å². The van der Waals surface area contributed by atoms with Crippen LogP contribution in [0.2, 0.25) is 0 Å². The van der Waals surface area contributed by atoms with Crippen LogP contribution in [-0.2, 0) is 9.53 Å². The molecule has 0 fully saturated rings. The largest absolute Gasteiger partial charge is 0.463 e. The summed E-state index contributed by atoms with van der Waals surface area (Å²) in [7, 11) is 0. The van der Waals surface area contributed by atoms with Gasteiger partial charge in [-0.25, -0.2) is 4.79 Å². The van der Waals surface area contributed by atoms with Gasteiger partial charge in [-0.05, 0) is 31.2 Å². The van der Waals surface area contributed by atoms with E-state index in [1.807, 2.05) is 36.4 Å². The first kappa shape index (κ1) is 13.0. The first-order valence-corrected chi connectivity index (χ1v) is 6.02. The van der Waals surface area contributed by atoms with E-state index in [1.165, 1.54) is 6.08 Å². The molecule has 0 aliphatic heterocycles. The zero-order chi connectivity index (χ0) is 13.5. The molecule has 0 atom stereocenters. The van der Waals surface area contributed by atoms with E-state index in [-0.39, 0.29) is 0 Å². The molecule has 4 nitrogen and oxygen atoms in total. The quantitative estimate of drug-likeness (QED) is 0.621. The summed E-state index contributed by atoms with van der Waals surface area (Å²) in [5, 5.41) is 0. The molecule has 0 aliphatic carbocycles. The minimum atomic E-state index is -0.395. The molecule has 0 spiro atoms. The highest BCUT2D eigenvalue weighted by Gasteiger charge is 2.10. The third kappa shape index (κ3) is 3.48. The van der Waals surface area contributed by atoms with Crippen LogP contribution in [0, 0.1) is 0 Å². The first-order chi connectivity index (χ1) is 9.31. The molecule has 2 aromatic heterocycles. The summed E-state index contributed by atoms with van der Waals surface area (Å²) in [6.07, 6.45) is 4.78. The van der Waals surface area contributed by atoms with Crippen LogP contribution in [0.3, 0.4) is 0 Å². The van der Waals surface area contributed by atoms with E-state index in [2.05, 4.69) is 9.97 Å². The van der Waals surface area contributed by atoms with Crippen molar-refractivity contribution in [2.75, 3.05) is 6.61 Å². The van der Waals surface area contributed by atoms with Gasteiger partial charge in [-0.15, -0.1) is 0 Å². The number of carbonyl (C=O) groups excluding carboxylic acids is 1. The Morgan fingerprint density at radius 3 is 2.11 bits per heavy atom. The van der Waals surface area contributed by atoms with E-state index in [4.69, 9.17) is 4.74 Å². The highest BCUT2D eigenvalue weighted by molar-refractivity contribution is 5.94. The molecule has 2 aromatic rings. The van der Waals surface area contributed by atoms with Crippen molar-refractivity contribution in [3.8, 4) is 0 Å². The summed E-state index contributed by atoms with van der Waals surface area (Å²) in [5.74, 6) is -0.395. The lowest BCUT2D eigenvalue weighted by atomic mass is 10.1. The van der Waals surface area contributed by atoms with Gasteiger partial charge >= 0.3 is 5.97 Å². The molecule has 0 saturated heterocycles. The second-order valence-electron chi connectivity index (χ2n) is 3.74. The fraction of sp³-hybridized carbons (Fsp3) is 0.133. The van der Waals surface area contributed by atoms with Crippen LogP contribution >= 0.6 is 0 Å². The Bertz CT molecular complexity index is 524. The van der Waals surface area contributed by atoms with E-state index in [0.29, 0.717) is 23.6 Å². The first-order valence-electron chi connectivity index (χ1n) is 6.02. The van der Waals surface area contributed by atoms with E-state index in [0.717, 1.165) is 0 Å². The van der Waals surface area contributed by atoms with Crippen LogP contribution in [0.25, 0.3) is 5.57 Å². The van der Waals surface area contributed by atoms with E-state index < -0.39 is 5.97 Å².